The highest BCUT2D eigenvalue weighted by Crippen LogP contribution is 2.03. The average Bonchev–Trinajstić information content (AvgIpc) is 2.35. The molecule has 1 unspecified atom stereocenters. The van der Waals surface area contributed by atoms with Crippen LogP contribution in [0.2, 0.25) is 0 Å². The van der Waals surface area contributed by atoms with Crippen molar-refractivity contribution in [3.05, 3.63) is 35.9 Å². The van der Waals surface area contributed by atoms with E-state index in [1.54, 1.807) is 0 Å². The molecule has 0 fully saturated rings. The van der Waals surface area contributed by atoms with Gasteiger partial charge in [-0.1, -0.05) is 30.3 Å². The Morgan fingerprint density at radius 3 is 2.71 bits per heavy atom. The van der Waals surface area contributed by atoms with Gasteiger partial charge in [-0.05, 0) is 12.5 Å². The van der Waals surface area contributed by atoms with Crippen molar-refractivity contribution in [2.24, 2.45) is 0 Å². The fraction of sp³-hybridized carbons (Fsp3) is 0.462. The van der Waals surface area contributed by atoms with E-state index in [9.17, 15) is 9.90 Å². The Morgan fingerprint density at radius 2 is 2.06 bits per heavy atom. The predicted molar refractivity (Wildman–Crippen MR) is 63.4 cm³/mol. The maximum Gasteiger partial charge on any atom is 0.308 e. The summed E-state index contributed by atoms with van der Waals surface area (Å²) < 4.78 is 10.0. The molecule has 1 aromatic carbocycles. The number of rotatable bonds is 7. The number of hydrogen-bond acceptors (Lipinski definition) is 4. The van der Waals surface area contributed by atoms with Gasteiger partial charge in [-0.25, -0.2) is 0 Å². The van der Waals surface area contributed by atoms with Crippen LogP contribution < -0.4 is 0 Å². The van der Waals surface area contributed by atoms with E-state index in [1.807, 2.05) is 37.3 Å². The molecule has 4 heteroatoms. The summed E-state index contributed by atoms with van der Waals surface area (Å²) in [5, 5.41) is 9.42. The summed E-state index contributed by atoms with van der Waals surface area (Å²) >= 11 is 0. The molecule has 1 rings (SSSR count). The molecular formula is C13H18O4. The van der Waals surface area contributed by atoms with Gasteiger partial charge in [-0.3, -0.25) is 4.79 Å². The number of carbonyl (C=O) groups excluding carboxylic acids is 1. The summed E-state index contributed by atoms with van der Waals surface area (Å²) in [5.41, 5.74) is 0.931. The smallest absolute Gasteiger partial charge is 0.308 e. The van der Waals surface area contributed by atoms with Crippen LogP contribution in [0.25, 0.3) is 0 Å². The molecule has 4 nitrogen and oxygen atoms in total. The minimum Gasteiger partial charge on any atom is -0.461 e. The van der Waals surface area contributed by atoms with Crippen LogP contribution in [0.4, 0.5) is 0 Å². The van der Waals surface area contributed by atoms with E-state index in [1.165, 1.54) is 0 Å². The monoisotopic (exact) mass is 238 g/mol. The average molecular weight is 238 g/mol. The van der Waals surface area contributed by atoms with Crippen molar-refractivity contribution in [3.63, 3.8) is 0 Å². The minimum absolute atomic E-state index is 0.0349. The first-order valence-corrected chi connectivity index (χ1v) is 5.67. The zero-order valence-corrected chi connectivity index (χ0v) is 9.96. The predicted octanol–water partition coefficient (Wildman–Crippen LogP) is 1.52. The van der Waals surface area contributed by atoms with Gasteiger partial charge in [0.1, 0.15) is 6.61 Å². The molecule has 0 amide bonds. The highest BCUT2D eigenvalue weighted by atomic mass is 16.5. The van der Waals surface area contributed by atoms with Crippen molar-refractivity contribution < 1.29 is 19.4 Å². The third kappa shape index (κ3) is 6.04. The molecule has 1 aromatic rings. The van der Waals surface area contributed by atoms with Crippen LogP contribution in [0.1, 0.15) is 18.9 Å². The molecule has 0 heterocycles. The van der Waals surface area contributed by atoms with Crippen molar-refractivity contribution in [2.45, 2.75) is 26.1 Å². The Bertz CT molecular complexity index is 323. The van der Waals surface area contributed by atoms with Crippen molar-refractivity contribution in [3.8, 4) is 0 Å². The second-order valence-corrected chi connectivity index (χ2v) is 3.66. The maximum absolute atomic E-state index is 11.4. The number of hydrogen-bond donors (Lipinski definition) is 1. The summed E-state index contributed by atoms with van der Waals surface area (Å²) in [5.74, 6) is -0.416. The summed E-state index contributed by atoms with van der Waals surface area (Å²) in [6, 6.07) is 9.42. The van der Waals surface area contributed by atoms with Gasteiger partial charge in [0.05, 0.1) is 19.1 Å². The van der Waals surface area contributed by atoms with Gasteiger partial charge in [-0.2, -0.15) is 0 Å². The van der Waals surface area contributed by atoms with E-state index in [-0.39, 0.29) is 19.6 Å². The third-order valence-corrected chi connectivity index (χ3v) is 2.16. The van der Waals surface area contributed by atoms with Gasteiger partial charge in [0, 0.05) is 6.61 Å². The lowest BCUT2D eigenvalue weighted by Gasteiger charge is -2.10. The van der Waals surface area contributed by atoms with Crippen LogP contribution in [0.5, 0.6) is 0 Å². The third-order valence-electron chi connectivity index (χ3n) is 2.16. The Balaban J connectivity index is 2.21. The Hall–Kier alpha value is -1.39. The van der Waals surface area contributed by atoms with E-state index in [4.69, 9.17) is 9.47 Å². The van der Waals surface area contributed by atoms with E-state index in [2.05, 4.69) is 0 Å². The van der Waals surface area contributed by atoms with Crippen LogP contribution >= 0.6 is 0 Å². The van der Waals surface area contributed by atoms with Gasteiger partial charge in [0.15, 0.2) is 0 Å². The first-order chi connectivity index (χ1) is 8.22. The number of aliphatic hydroxyl groups excluding tert-OH is 1. The fourth-order valence-corrected chi connectivity index (χ4v) is 1.30. The Labute approximate surface area is 101 Å². The van der Waals surface area contributed by atoms with E-state index in [0.29, 0.717) is 6.61 Å². The second kappa shape index (κ2) is 7.81. The first kappa shape index (κ1) is 13.7. The molecule has 0 aliphatic heterocycles. The lowest BCUT2D eigenvalue weighted by atomic mass is 10.2. The molecule has 0 aromatic heterocycles. The van der Waals surface area contributed by atoms with Crippen molar-refractivity contribution in [1.82, 2.24) is 0 Å². The molecule has 0 aliphatic carbocycles. The van der Waals surface area contributed by atoms with Gasteiger partial charge in [0.2, 0.25) is 0 Å². The molecule has 0 saturated carbocycles. The SMILES string of the molecule is CCOCC(O)CC(=O)OCc1ccccc1. The quantitative estimate of drug-likeness (QED) is 0.732. The zero-order valence-electron chi connectivity index (χ0n) is 9.96. The van der Waals surface area contributed by atoms with Gasteiger partial charge in [-0.15, -0.1) is 0 Å². The van der Waals surface area contributed by atoms with Crippen molar-refractivity contribution in [1.29, 1.82) is 0 Å². The molecular weight excluding hydrogens is 220 g/mol. The number of esters is 1. The maximum atomic E-state index is 11.4. The largest absolute Gasteiger partial charge is 0.461 e. The lowest BCUT2D eigenvalue weighted by molar-refractivity contribution is -0.148. The van der Waals surface area contributed by atoms with Crippen LogP contribution in [0, 0.1) is 0 Å². The molecule has 17 heavy (non-hydrogen) atoms. The molecule has 0 aliphatic rings. The fourth-order valence-electron chi connectivity index (χ4n) is 1.30. The standard InChI is InChI=1S/C13H18O4/c1-2-16-10-12(14)8-13(15)17-9-11-6-4-3-5-7-11/h3-7,12,14H,2,8-10H2,1H3. The summed E-state index contributed by atoms with van der Waals surface area (Å²) in [6.45, 7) is 2.76. The number of benzene rings is 1. The van der Waals surface area contributed by atoms with Crippen LogP contribution in [0.3, 0.4) is 0 Å². The topological polar surface area (TPSA) is 55.8 Å². The normalized spacial score (nSPS) is 12.1. The van der Waals surface area contributed by atoms with Gasteiger partial charge < -0.3 is 14.6 Å². The van der Waals surface area contributed by atoms with E-state index in [0.717, 1.165) is 5.56 Å². The molecule has 1 N–H and O–H groups in total. The molecule has 0 radical (unpaired) electrons. The number of carbonyl (C=O) groups is 1. The molecule has 94 valence electrons. The first-order valence-electron chi connectivity index (χ1n) is 5.67. The van der Waals surface area contributed by atoms with Crippen molar-refractivity contribution >= 4 is 5.97 Å². The number of ether oxygens (including phenoxy) is 2. The molecule has 0 saturated heterocycles. The van der Waals surface area contributed by atoms with Crippen LogP contribution in [-0.4, -0.2) is 30.4 Å². The Kier molecular flexibility index (Phi) is 6.29. The minimum atomic E-state index is -0.793. The molecule has 1 atom stereocenters. The van der Waals surface area contributed by atoms with E-state index >= 15 is 0 Å². The van der Waals surface area contributed by atoms with E-state index < -0.39 is 12.1 Å². The van der Waals surface area contributed by atoms with Gasteiger partial charge >= 0.3 is 5.97 Å². The van der Waals surface area contributed by atoms with Gasteiger partial charge in [0.25, 0.3) is 0 Å². The highest BCUT2D eigenvalue weighted by molar-refractivity contribution is 5.69. The zero-order chi connectivity index (χ0) is 12.5. The van der Waals surface area contributed by atoms with Crippen LogP contribution in [-0.2, 0) is 20.9 Å². The lowest BCUT2D eigenvalue weighted by Crippen LogP contribution is -2.21. The second-order valence-electron chi connectivity index (χ2n) is 3.66. The van der Waals surface area contributed by atoms with Crippen molar-refractivity contribution in [2.75, 3.05) is 13.2 Å². The summed E-state index contributed by atoms with van der Waals surface area (Å²) in [4.78, 5) is 11.4. The number of aliphatic hydroxyl groups is 1. The highest BCUT2D eigenvalue weighted by Gasteiger charge is 2.11. The molecule has 0 bridgehead atoms. The Morgan fingerprint density at radius 1 is 1.35 bits per heavy atom. The summed E-state index contributed by atoms with van der Waals surface area (Å²) in [6.07, 6.45) is -0.828. The van der Waals surface area contributed by atoms with Crippen LogP contribution in [0.15, 0.2) is 30.3 Å². The molecule has 0 spiro atoms. The summed E-state index contributed by atoms with van der Waals surface area (Å²) in [7, 11) is 0.